The zero-order chi connectivity index (χ0) is 20.8. The van der Waals surface area contributed by atoms with Crippen molar-refractivity contribution in [1.29, 1.82) is 0 Å². The zero-order valence-corrected chi connectivity index (χ0v) is 15.7. The number of halogens is 1. The number of rotatable bonds is 3. The maximum atomic E-state index is 14.0. The number of nitro benzene ring substituents is 1. The van der Waals surface area contributed by atoms with E-state index in [0.29, 0.717) is 35.5 Å². The van der Waals surface area contributed by atoms with E-state index in [1.54, 1.807) is 28.9 Å². The van der Waals surface area contributed by atoms with Crippen LogP contribution in [0.1, 0.15) is 30.9 Å². The third-order valence-corrected chi connectivity index (χ3v) is 5.35. The molecule has 0 saturated carbocycles. The second-order valence-electron chi connectivity index (χ2n) is 7.26. The lowest BCUT2D eigenvalue weighted by Crippen LogP contribution is -2.31. The van der Waals surface area contributed by atoms with Crippen molar-refractivity contribution in [3.05, 3.63) is 81.3 Å². The first-order valence-corrected chi connectivity index (χ1v) is 9.51. The number of Topliss-reactive ketones (excluding diaryl/α,β-unsaturated/α-hetero) is 1. The van der Waals surface area contributed by atoms with Crippen LogP contribution in [-0.4, -0.2) is 25.5 Å². The number of benzene rings is 2. The summed E-state index contributed by atoms with van der Waals surface area (Å²) in [4.78, 5) is 27.9. The number of carbonyl (C=O) groups excluding carboxylic acids is 1. The summed E-state index contributed by atoms with van der Waals surface area (Å²) < 4.78 is 15.5. The molecule has 1 aliphatic heterocycles. The van der Waals surface area contributed by atoms with Crippen LogP contribution in [-0.2, 0) is 4.79 Å². The maximum absolute atomic E-state index is 14.0. The Hall–Kier alpha value is -3.88. The predicted octanol–water partition coefficient (Wildman–Crippen LogP) is 4.01. The molecule has 2 aromatic carbocycles. The first-order valence-electron chi connectivity index (χ1n) is 9.51. The van der Waals surface area contributed by atoms with Gasteiger partial charge in [0.2, 0.25) is 5.95 Å². The van der Waals surface area contributed by atoms with E-state index in [1.165, 1.54) is 24.3 Å². The quantitative estimate of drug-likeness (QED) is 0.522. The van der Waals surface area contributed by atoms with Gasteiger partial charge in [0.05, 0.1) is 4.92 Å². The van der Waals surface area contributed by atoms with Crippen molar-refractivity contribution in [2.24, 2.45) is 0 Å². The van der Waals surface area contributed by atoms with Crippen LogP contribution >= 0.6 is 0 Å². The Labute approximate surface area is 170 Å². The second-order valence-corrected chi connectivity index (χ2v) is 7.26. The topological polar surface area (TPSA) is 103 Å². The maximum Gasteiger partial charge on any atom is 0.270 e. The number of ketones is 1. The van der Waals surface area contributed by atoms with Gasteiger partial charge in [-0.05, 0) is 30.5 Å². The highest BCUT2D eigenvalue weighted by atomic mass is 19.1. The molecule has 0 spiro atoms. The van der Waals surface area contributed by atoms with Crippen LogP contribution in [0.2, 0.25) is 0 Å². The Morgan fingerprint density at radius 1 is 1.17 bits per heavy atom. The van der Waals surface area contributed by atoms with E-state index in [9.17, 15) is 19.3 Å². The van der Waals surface area contributed by atoms with Crippen molar-refractivity contribution >= 4 is 17.4 Å². The molecule has 0 saturated heterocycles. The van der Waals surface area contributed by atoms with Gasteiger partial charge in [0.1, 0.15) is 11.9 Å². The highest BCUT2D eigenvalue weighted by Gasteiger charge is 2.37. The fourth-order valence-corrected chi connectivity index (χ4v) is 4.02. The van der Waals surface area contributed by atoms with Gasteiger partial charge in [0, 0.05) is 35.4 Å². The van der Waals surface area contributed by atoms with E-state index in [4.69, 9.17) is 0 Å². The molecular weight excluding hydrogens is 389 g/mol. The monoisotopic (exact) mass is 405 g/mol. The van der Waals surface area contributed by atoms with Gasteiger partial charge < -0.3 is 5.32 Å². The van der Waals surface area contributed by atoms with Gasteiger partial charge >= 0.3 is 0 Å². The molecule has 1 atom stereocenters. The summed E-state index contributed by atoms with van der Waals surface area (Å²) in [6, 6.07) is 11.5. The van der Waals surface area contributed by atoms with E-state index in [1.807, 2.05) is 0 Å². The smallest absolute Gasteiger partial charge is 0.270 e. The summed E-state index contributed by atoms with van der Waals surface area (Å²) in [5.74, 6) is 0.294. The standard InChI is InChI=1S/C21H16FN5O3/c22-14-6-1-4-12(10-14)19-18-16(8-3-9-17(18)28)23-21-24-20(25-26(19)21)13-5-2-7-15(11-13)27(29)30/h1-2,4-7,10-11,19H,3,8-9H2,(H,23,24,25). The molecule has 0 bridgehead atoms. The summed E-state index contributed by atoms with van der Waals surface area (Å²) in [6.45, 7) is 0. The Bertz CT molecular complexity index is 1230. The SMILES string of the molecule is O=C1CCCC2=C1C(c1cccc(F)c1)n1nc(-c3cccc([N+](=O)[O-])c3)nc1N2. The van der Waals surface area contributed by atoms with Crippen molar-refractivity contribution < 1.29 is 14.1 Å². The van der Waals surface area contributed by atoms with Crippen molar-refractivity contribution in [3.8, 4) is 11.4 Å². The molecule has 3 aromatic rings. The molecular formula is C21H16FN5O3. The minimum absolute atomic E-state index is 0.00365. The van der Waals surface area contributed by atoms with Gasteiger partial charge in [0.25, 0.3) is 5.69 Å². The van der Waals surface area contributed by atoms with Crippen LogP contribution in [0.3, 0.4) is 0 Å². The first kappa shape index (κ1) is 18.2. The minimum atomic E-state index is -0.611. The second kappa shape index (κ2) is 6.87. The molecule has 0 amide bonds. The fourth-order valence-electron chi connectivity index (χ4n) is 4.02. The average Bonchev–Trinajstić information content (AvgIpc) is 3.16. The molecule has 1 N–H and O–H groups in total. The van der Waals surface area contributed by atoms with Crippen LogP contribution in [0.5, 0.6) is 0 Å². The molecule has 0 radical (unpaired) electrons. The molecule has 1 unspecified atom stereocenters. The number of hydrogen-bond acceptors (Lipinski definition) is 6. The molecule has 8 nitrogen and oxygen atoms in total. The summed E-state index contributed by atoms with van der Waals surface area (Å²) in [6.07, 6.45) is 1.84. The van der Waals surface area contributed by atoms with Gasteiger partial charge in [-0.15, -0.1) is 5.10 Å². The number of nitrogens with one attached hydrogen (secondary N) is 1. The Morgan fingerprint density at radius 2 is 2.00 bits per heavy atom. The summed E-state index contributed by atoms with van der Waals surface area (Å²) in [5.41, 5.74) is 2.34. The van der Waals surface area contributed by atoms with Crippen LogP contribution < -0.4 is 5.32 Å². The number of nitrogens with zero attached hydrogens (tertiary/aromatic N) is 4. The third-order valence-electron chi connectivity index (χ3n) is 5.35. The number of aromatic nitrogens is 3. The molecule has 1 aromatic heterocycles. The number of fused-ring (bicyclic) bond motifs is 1. The van der Waals surface area contributed by atoms with Gasteiger partial charge in [-0.3, -0.25) is 14.9 Å². The van der Waals surface area contributed by atoms with Gasteiger partial charge in [-0.2, -0.15) is 4.98 Å². The predicted molar refractivity (Wildman–Crippen MR) is 106 cm³/mol. The fraction of sp³-hybridized carbons (Fsp3) is 0.190. The van der Waals surface area contributed by atoms with E-state index in [-0.39, 0.29) is 17.3 Å². The number of allylic oxidation sites excluding steroid dienone is 2. The van der Waals surface area contributed by atoms with E-state index in [0.717, 1.165) is 12.1 Å². The largest absolute Gasteiger partial charge is 0.328 e. The highest BCUT2D eigenvalue weighted by Crippen LogP contribution is 2.40. The van der Waals surface area contributed by atoms with Crippen LogP contribution in [0, 0.1) is 15.9 Å². The van der Waals surface area contributed by atoms with Gasteiger partial charge in [0.15, 0.2) is 11.6 Å². The van der Waals surface area contributed by atoms with Gasteiger partial charge in [-0.25, -0.2) is 9.07 Å². The summed E-state index contributed by atoms with van der Waals surface area (Å²) >= 11 is 0. The molecule has 9 heteroatoms. The van der Waals surface area contributed by atoms with Crippen LogP contribution in [0.15, 0.2) is 59.8 Å². The number of non-ortho nitro benzene ring substituents is 1. The molecule has 30 heavy (non-hydrogen) atoms. The lowest BCUT2D eigenvalue weighted by molar-refractivity contribution is -0.384. The van der Waals surface area contributed by atoms with E-state index in [2.05, 4.69) is 15.4 Å². The van der Waals surface area contributed by atoms with Gasteiger partial charge in [-0.1, -0.05) is 24.3 Å². The normalized spacial score (nSPS) is 17.9. The average molecular weight is 405 g/mol. The first-order chi connectivity index (χ1) is 14.5. The number of carbonyl (C=O) groups is 1. The number of nitro groups is 1. The molecule has 150 valence electrons. The summed E-state index contributed by atoms with van der Waals surface area (Å²) in [7, 11) is 0. The Kier molecular flexibility index (Phi) is 4.16. The van der Waals surface area contributed by atoms with E-state index < -0.39 is 16.8 Å². The Balaban J connectivity index is 1.67. The minimum Gasteiger partial charge on any atom is -0.328 e. The molecule has 1 aliphatic carbocycles. The van der Waals surface area contributed by atoms with Crippen molar-refractivity contribution in [1.82, 2.24) is 14.8 Å². The Morgan fingerprint density at radius 3 is 2.80 bits per heavy atom. The van der Waals surface area contributed by atoms with Crippen LogP contribution in [0.4, 0.5) is 16.0 Å². The molecule has 2 heterocycles. The molecule has 2 aliphatic rings. The lowest BCUT2D eigenvalue weighted by atomic mass is 9.85. The zero-order valence-electron chi connectivity index (χ0n) is 15.7. The molecule has 5 rings (SSSR count). The van der Waals surface area contributed by atoms with Crippen LogP contribution in [0.25, 0.3) is 11.4 Å². The molecule has 0 fully saturated rings. The van der Waals surface area contributed by atoms with E-state index >= 15 is 0 Å². The lowest BCUT2D eigenvalue weighted by Gasteiger charge is -2.32. The number of anilines is 1. The number of hydrogen-bond donors (Lipinski definition) is 1. The highest BCUT2D eigenvalue weighted by molar-refractivity contribution is 5.99. The van der Waals surface area contributed by atoms with Crippen molar-refractivity contribution in [2.75, 3.05) is 5.32 Å². The van der Waals surface area contributed by atoms with Crippen molar-refractivity contribution in [2.45, 2.75) is 25.3 Å². The third kappa shape index (κ3) is 2.95. The summed E-state index contributed by atoms with van der Waals surface area (Å²) in [5, 5.41) is 18.9. The van der Waals surface area contributed by atoms with Crippen molar-refractivity contribution in [3.63, 3.8) is 0 Å².